The van der Waals surface area contributed by atoms with Gasteiger partial charge in [0.15, 0.2) is 5.78 Å². The van der Waals surface area contributed by atoms with E-state index in [1.807, 2.05) is 32.0 Å². The minimum Gasteiger partial charge on any atom is -0.370 e. The molecular weight excluding hydrogens is 522 g/mol. The van der Waals surface area contributed by atoms with Gasteiger partial charge in [-0.05, 0) is 75.2 Å². The Morgan fingerprint density at radius 2 is 1.78 bits per heavy atom. The molecule has 1 saturated heterocycles. The summed E-state index contributed by atoms with van der Waals surface area (Å²) in [5.74, 6) is 0.635. The summed E-state index contributed by atoms with van der Waals surface area (Å²) < 4.78 is 8.40. The number of hydrogen-bond acceptors (Lipinski definition) is 5. The van der Waals surface area contributed by atoms with Gasteiger partial charge in [-0.3, -0.25) is 19.0 Å². The highest BCUT2D eigenvalue weighted by Crippen LogP contribution is 2.35. The quantitative estimate of drug-likeness (QED) is 0.436. The van der Waals surface area contributed by atoms with Crippen LogP contribution in [0.3, 0.4) is 0 Å². The summed E-state index contributed by atoms with van der Waals surface area (Å²) in [7, 11) is 0. The van der Waals surface area contributed by atoms with E-state index in [0.717, 1.165) is 10.0 Å². The van der Waals surface area contributed by atoms with E-state index in [1.54, 1.807) is 33.7 Å². The van der Waals surface area contributed by atoms with E-state index in [-0.39, 0.29) is 41.9 Å². The Morgan fingerprint density at radius 1 is 1.08 bits per heavy atom. The number of ketones is 1. The Labute approximate surface area is 218 Å². The molecule has 1 fully saturated rings. The predicted octanol–water partition coefficient (Wildman–Crippen LogP) is 4.80. The molecule has 186 valence electrons. The molecule has 8 heteroatoms. The number of aryl methyl sites for hydroxylation is 1. The molecule has 1 amide bonds. The van der Waals surface area contributed by atoms with Crippen LogP contribution in [0.15, 0.2) is 51.7 Å². The highest BCUT2D eigenvalue weighted by molar-refractivity contribution is 9.10. The van der Waals surface area contributed by atoms with E-state index in [2.05, 4.69) is 22.9 Å². The van der Waals surface area contributed by atoms with Crippen molar-refractivity contribution in [1.82, 2.24) is 14.5 Å². The van der Waals surface area contributed by atoms with Gasteiger partial charge in [-0.25, -0.2) is 4.98 Å². The van der Waals surface area contributed by atoms with Gasteiger partial charge in [0.2, 0.25) is 0 Å². The number of nitrogens with zero attached hydrogens (tertiary/aromatic N) is 3. The zero-order valence-electron chi connectivity index (χ0n) is 20.7. The molecule has 3 heterocycles. The summed E-state index contributed by atoms with van der Waals surface area (Å²) in [5, 5.41) is 0. The fourth-order valence-corrected chi connectivity index (χ4v) is 5.14. The van der Waals surface area contributed by atoms with Crippen LogP contribution in [0.25, 0.3) is 5.69 Å². The Bertz CT molecular complexity index is 1430. The lowest BCUT2D eigenvalue weighted by molar-refractivity contribution is -0.115. The van der Waals surface area contributed by atoms with Gasteiger partial charge in [0.25, 0.3) is 11.5 Å². The molecule has 0 radical (unpaired) electrons. The fraction of sp³-hybridized carbons (Fsp3) is 0.357. The number of halogens is 1. The van der Waals surface area contributed by atoms with Crippen LogP contribution in [0.2, 0.25) is 0 Å². The van der Waals surface area contributed by atoms with Crippen LogP contribution in [0, 0.1) is 12.8 Å². The molecular formula is C28H28BrN3O4. The highest BCUT2D eigenvalue weighted by Gasteiger charge is 2.37. The zero-order valence-corrected chi connectivity index (χ0v) is 22.3. The molecule has 0 bridgehead atoms. The molecule has 3 aromatic rings. The number of amides is 1. The van der Waals surface area contributed by atoms with E-state index in [0.29, 0.717) is 46.9 Å². The zero-order chi connectivity index (χ0) is 25.7. The van der Waals surface area contributed by atoms with E-state index in [9.17, 15) is 14.4 Å². The molecule has 1 aromatic heterocycles. The van der Waals surface area contributed by atoms with Crippen molar-refractivity contribution in [1.29, 1.82) is 0 Å². The first-order valence-corrected chi connectivity index (χ1v) is 12.9. The summed E-state index contributed by atoms with van der Waals surface area (Å²) in [6.45, 7) is 8.36. The Hall–Kier alpha value is -3.10. The van der Waals surface area contributed by atoms with Crippen molar-refractivity contribution in [2.24, 2.45) is 5.92 Å². The third-order valence-corrected chi connectivity index (χ3v) is 8.04. The first-order valence-electron chi connectivity index (χ1n) is 12.1. The number of ether oxygens (including phenoxy) is 1. The molecule has 5 rings (SSSR count). The summed E-state index contributed by atoms with van der Waals surface area (Å²) in [4.78, 5) is 45.8. The minimum absolute atomic E-state index is 0.0341. The van der Waals surface area contributed by atoms with Crippen LogP contribution in [0.4, 0.5) is 0 Å². The molecule has 0 aliphatic carbocycles. The fourth-order valence-electron chi connectivity index (χ4n) is 4.89. The number of fused-ring (bicyclic) bond motifs is 1. The second kappa shape index (κ2) is 9.41. The van der Waals surface area contributed by atoms with E-state index in [4.69, 9.17) is 9.72 Å². The van der Waals surface area contributed by atoms with Crippen LogP contribution in [0.1, 0.15) is 70.2 Å². The minimum atomic E-state index is -0.312. The van der Waals surface area contributed by atoms with Crippen molar-refractivity contribution >= 4 is 27.6 Å². The monoisotopic (exact) mass is 549 g/mol. The summed E-state index contributed by atoms with van der Waals surface area (Å²) in [5.41, 5.74) is 3.92. The second-order valence-electron chi connectivity index (χ2n) is 9.82. The third-order valence-electron chi connectivity index (χ3n) is 7.15. The predicted molar refractivity (Wildman–Crippen MR) is 140 cm³/mol. The molecule has 0 N–H and O–H groups in total. The van der Waals surface area contributed by atoms with Crippen LogP contribution >= 0.6 is 15.9 Å². The van der Waals surface area contributed by atoms with E-state index < -0.39 is 0 Å². The van der Waals surface area contributed by atoms with Gasteiger partial charge in [0, 0.05) is 33.1 Å². The van der Waals surface area contributed by atoms with Crippen molar-refractivity contribution in [2.75, 3.05) is 6.61 Å². The van der Waals surface area contributed by atoms with Gasteiger partial charge in [0.05, 0.1) is 24.5 Å². The second-order valence-corrected chi connectivity index (χ2v) is 10.7. The Morgan fingerprint density at radius 3 is 2.36 bits per heavy atom. The van der Waals surface area contributed by atoms with Crippen molar-refractivity contribution in [3.05, 3.63) is 91.1 Å². The number of rotatable bonds is 4. The van der Waals surface area contributed by atoms with Crippen molar-refractivity contribution in [3.8, 4) is 5.69 Å². The van der Waals surface area contributed by atoms with Gasteiger partial charge in [-0.15, -0.1) is 0 Å². The average Bonchev–Trinajstić information content (AvgIpc) is 2.85. The van der Waals surface area contributed by atoms with Gasteiger partial charge >= 0.3 is 0 Å². The average molecular weight is 550 g/mol. The molecule has 7 nitrogen and oxygen atoms in total. The normalized spacial score (nSPS) is 21.0. The smallest absolute Gasteiger partial charge is 0.261 e. The molecule has 3 atom stereocenters. The summed E-state index contributed by atoms with van der Waals surface area (Å²) >= 11 is 3.49. The first kappa shape index (κ1) is 24.6. The lowest BCUT2D eigenvalue weighted by Gasteiger charge is -2.38. The summed E-state index contributed by atoms with van der Waals surface area (Å²) in [6, 6.07) is 12.4. The SMILES string of the molecule is CC(=O)c1ccc(-n2c(C3OCC3C)nc3c(c2=O)CC(C)N(C(=O)c2ccc(Br)c(C)c2)C3)cc1. The summed E-state index contributed by atoms with van der Waals surface area (Å²) in [6.07, 6.45) is 0.100. The largest absolute Gasteiger partial charge is 0.370 e. The van der Waals surface area contributed by atoms with E-state index >= 15 is 0 Å². The van der Waals surface area contributed by atoms with Gasteiger partial charge in [0.1, 0.15) is 11.9 Å². The van der Waals surface area contributed by atoms with Crippen LogP contribution in [0.5, 0.6) is 0 Å². The van der Waals surface area contributed by atoms with Crippen molar-refractivity contribution < 1.29 is 14.3 Å². The molecule has 0 saturated carbocycles. The Balaban J connectivity index is 1.58. The molecule has 2 aliphatic heterocycles. The number of benzene rings is 2. The van der Waals surface area contributed by atoms with E-state index in [1.165, 1.54) is 6.92 Å². The topological polar surface area (TPSA) is 81.5 Å². The van der Waals surface area contributed by atoms with Crippen LogP contribution < -0.4 is 5.56 Å². The molecule has 2 aromatic carbocycles. The van der Waals surface area contributed by atoms with Gasteiger partial charge in [-0.2, -0.15) is 0 Å². The molecule has 3 unspecified atom stereocenters. The van der Waals surface area contributed by atoms with Crippen molar-refractivity contribution in [2.45, 2.75) is 52.8 Å². The maximum absolute atomic E-state index is 13.9. The molecule has 36 heavy (non-hydrogen) atoms. The lowest BCUT2D eigenvalue weighted by Crippen LogP contribution is -2.47. The number of aromatic nitrogens is 2. The first-order chi connectivity index (χ1) is 17.2. The third kappa shape index (κ3) is 4.22. The maximum Gasteiger partial charge on any atom is 0.261 e. The number of carbonyl (C=O) groups is 2. The maximum atomic E-state index is 13.9. The number of Topliss-reactive ketones (excluding diaryl/α,β-unsaturated/α-hetero) is 1. The number of carbonyl (C=O) groups excluding carboxylic acids is 2. The standard InChI is InChI=1S/C28H28BrN3O4/c1-15-11-20(7-10-23(15)29)27(34)31-13-24-22(12-17(31)3)28(35)32(26(30-24)25-16(2)14-36-25)21-8-5-19(6-9-21)18(4)33/h5-11,16-17,25H,12-14H2,1-4H3. The van der Waals surface area contributed by atoms with Gasteiger partial charge < -0.3 is 9.64 Å². The molecule has 2 aliphatic rings. The molecule has 0 spiro atoms. The van der Waals surface area contributed by atoms with Crippen LogP contribution in [-0.2, 0) is 17.7 Å². The lowest BCUT2D eigenvalue weighted by atomic mass is 9.95. The van der Waals surface area contributed by atoms with Gasteiger partial charge in [-0.1, -0.05) is 22.9 Å². The Kier molecular flexibility index (Phi) is 6.43. The van der Waals surface area contributed by atoms with Crippen LogP contribution in [-0.4, -0.2) is 38.8 Å². The highest BCUT2D eigenvalue weighted by atomic mass is 79.9. The number of hydrogen-bond donors (Lipinski definition) is 0. The van der Waals surface area contributed by atoms with Crippen molar-refractivity contribution in [3.63, 3.8) is 0 Å².